The molecule has 16 heavy (non-hydrogen) atoms. The summed E-state index contributed by atoms with van der Waals surface area (Å²) >= 11 is 0. The fraction of sp³-hybridized carbons (Fsp3) is 0.929. The molecule has 0 N–H and O–H groups in total. The highest BCUT2D eigenvalue weighted by molar-refractivity contribution is 5.79. The Hall–Kier alpha value is -0.530. The number of rotatable bonds is 7. The molecule has 0 bridgehead atoms. The Morgan fingerprint density at radius 1 is 1.06 bits per heavy atom. The fourth-order valence-electron chi connectivity index (χ4n) is 2.46. The summed E-state index contributed by atoms with van der Waals surface area (Å²) in [6, 6.07) is 0. The van der Waals surface area contributed by atoms with Gasteiger partial charge in [-0.25, -0.2) is 0 Å². The molecule has 0 aliphatic heterocycles. The van der Waals surface area contributed by atoms with Crippen LogP contribution in [0.4, 0.5) is 0 Å². The first kappa shape index (κ1) is 13.5. The van der Waals surface area contributed by atoms with Crippen molar-refractivity contribution in [2.45, 2.75) is 65.2 Å². The van der Waals surface area contributed by atoms with Crippen LogP contribution in [0.3, 0.4) is 0 Å². The van der Waals surface area contributed by atoms with Gasteiger partial charge in [0, 0.05) is 19.0 Å². The first-order valence-electron chi connectivity index (χ1n) is 7.08. The summed E-state index contributed by atoms with van der Waals surface area (Å²) in [4.78, 5) is 14.4. The molecular weight excluding hydrogens is 198 g/mol. The molecule has 1 rings (SSSR count). The number of hydrogen-bond acceptors (Lipinski definition) is 1. The molecular formula is C14H27NO. The van der Waals surface area contributed by atoms with Gasteiger partial charge in [-0.15, -0.1) is 0 Å². The summed E-state index contributed by atoms with van der Waals surface area (Å²) in [6.07, 6.45) is 9.45. The maximum atomic E-state index is 12.3. The van der Waals surface area contributed by atoms with Gasteiger partial charge in [0.05, 0.1) is 0 Å². The standard InChI is InChI=1S/C14H27NO/c1-3-5-11-15(12-6-4-2)14(16)13-9-7-8-10-13/h13H,3-12H2,1-2H3. The van der Waals surface area contributed by atoms with Crippen molar-refractivity contribution in [2.24, 2.45) is 5.92 Å². The number of amides is 1. The third-order valence-corrected chi connectivity index (χ3v) is 3.58. The van der Waals surface area contributed by atoms with Crippen LogP contribution < -0.4 is 0 Å². The minimum Gasteiger partial charge on any atom is -0.342 e. The van der Waals surface area contributed by atoms with Crippen molar-refractivity contribution in [3.8, 4) is 0 Å². The molecule has 1 aliphatic carbocycles. The van der Waals surface area contributed by atoms with Crippen LogP contribution in [0, 0.1) is 5.92 Å². The Morgan fingerprint density at radius 2 is 1.56 bits per heavy atom. The van der Waals surface area contributed by atoms with Gasteiger partial charge in [-0.05, 0) is 25.7 Å². The lowest BCUT2D eigenvalue weighted by molar-refractivity contribution is -0.135. The Kier molecular flexibility index (Phi) is 6.51. The van der Waals surface area contributed by atoms with Gasteiger partial charge >= 0.3 is 0 Å². The molecule has 0 unspecified atom stereocenters. The second kappa shape index (κ2) is 7.70. The number of carbonyl (C=O) groups is 1. The second-order valence-corrected chi connectivity index (χ2v) is 5.01. The molecule has 0 heterocycles. The molecule has 0 aromatic heterocycles. The zero-order valence-electron chi connectivity index (χ0n) is 11.0. The van der Waals surface area contributed by atoms with Crippen LogP contribution >= 0.6 is 0 Å². The molecule has 0 radical (unpaired) electrons. The van der Waals surface area contributed by atoms with Crippen molar-refractivity contribution in [1.29, 1.82) is 0 Å². The number of unbranched alkanes of at least 4 members (excludes halogenated alkanes) is 2. The smallest absolute Gasteiger partial charge is 0.225 e. The topological polar surface area (TPSA) is 20.3 Å². The Bertz CT molecular complexity index is 189. The zero-order valence-corrected chi connectivity index (χ0v) is 11.0. The van der Waals surface area contributed by atoms with Gasteiger partial charge in [-0.2, -0.15) is 0 Å². The molecule has 0 aromatic carbocycles. The Morgan fingerprint density at radius 3 is 2.00 bits per heavy atom. The van der Waals surface area contributed by atoms with Crippen LogP contribution in [-0.4, -0.2) is 23.9 Å². The lowest BCUT2D eigenvalue weighted by Crippen LogP contribution is -2.36. The molecule has 0 saturated heterocycles. The molecule has 0 spiro atoms. The maximum Gasteiger partial charge on any atom is 0.225 e. The SMILES string of the molecule is CCCCN(CCCC)C(=O)C1CCCC1. The summed E-state index contributed by atoms with van der Waals surface area (Å²) in [5.41, 5.74) is 0. The lowest BCUT2D eigenvalue weighted by Gasteiger charge is -2.25. The Labute approximate surface area is 100 Å². The van der Waals surface area contributed by atoms with Crippen molar-refractivity contribution in [2.75, 3.05) is 13.1 Å². The third kappa shape index (κ3) is 4.15. The van der Waals surface area contributed by atoms with Crippen molar-refractivity contribution < 1.29 is 4.79 Å². The monoisotopic (exact) mass is 225 g/mol. The first-order chi connectivity index (χ1) is 7.79. The highest BCUT2D eigenvalue weighted by atomic mass is 16.2. The van der Waals surface area contributed by atoms with Crippen LogP contribution in [0.15, 0.2) is 0 Å². The minimum atomic E-state index is 0.355. The van der Waals surface area contributed by atoms with E-state index in [0.29, 0.717) is 11.8 Å². The third-order valence-electron chi connectivity index (χ3n) is 3.58. The molecule has 1 amide bonds. The van der Waals surface area contributed by atoms with E-state index < -0.39 is 0 Å². The molecule has 1 saturated carbocycles. The normalized spacial score (nSPS) is 16.6. The van der Waals surface area contributed by atoms with Crippen molar-refractivity contribution in [1.82, 2.24) is 4.90 Å². The first-order valence-corrected chi connectivity index (χ1v) is 7.08. The highest BCUT2D eigenvalue weighted by Gasteiger charge is 2.26. The van der Waals surface area contributed by atoms with Gasteiger partial charge in [0.1, 0.15) is 0 Å². The van der Waals surface area contributed by atoms with Gasteiger partial charge in [-0.3, -0.25) is 4.79 Å². The van der Waals surface area contributed by atoms with E-state index in [1.165, 1.54) is 25.7 Å². The maximum absolute atomic E-state index is 12.3. The van der Waals surface area contributed by atoms with Crippen LogP contribution in [0.1, 0.15) is 65.2 Å². The summed E-state index contributed by atoms with van der Waals surface area (Å²) in [6.45, 7) is 6.34. The summed E-state index contributed by atoms with van der Waals surface area (Å²) < 4.78 is 0. The van der Waals surface area contributed by atoms with Gasteiger partial charge in [0.2, 0.25) is 5.91 Å². The lowest BCUT2D eigenvalue weighted by atomic mass is 10.1. The average molecular weight is 225 g/mol. The van der Waals surface area contributed by atoms with E-state index in [9.17, 15) is 4.79 Å². The molecule has 2 nitrogen and oxygen atoms in total. The molecule has 2 heteroatoms. The molecule has 1 fully saturated rings. The average Bonchev–Trinajstić information content (AvgIpc) is 2.82. The highest BCUT2D eigenvalue weighted by Crippen LogP contribution is 2.26. The number of nitrogens with zero attached hydrogens (tertiary/aromatic N) is 1. The van der Waals surface area contributed by atoms with Crippen LogP contribution in [-0.2, 0) is 4.79 Å². The van der Waals surface area contributed by atoms with Gasteiger partial charge in [-0.1, -0.05) is 39.5 Å². The minimum absolute atomic E-state index is 0.355. The van der Waals surface area contributed by atoms with Crippen LogP contribution in [0.2, 0.25) is 0 Å². The van der Waals surface area contributed by atoms with E-state index >= 15 is 0 Å². The fourth-order valence-corrected chi connectivity index (χ4v) is 2.46. The van der Waals surface area contributed by atoms with E-state index in [-0.39, 0.29) is 0 Å². The zero-order chi connectivity index (χ0) is 11.8. The van der Waals surface area contributed by atoms with E-state index in [0.717, 1.165) is 38.8 Å². The summed E-state index contributed by atoms with van der Waals surface area (Å²) in [7, 11) is 0. The summed E-state index contributed by atoms with van der Waals surface area (Å²) in [5, 5.41) is 0. The molecule has 94 valence electrons. The number of hydrogen-bond donors (Lipinski definition) is 0. The van der Waals surface area contributed by atoms with Gasteiger partial charge in [0.15, 0.2) is 0 Å². The molecule has 0 aromatic rings. The molecule has 0 atom stereocenters. The Balaban J connectivity index is 2.41. The quantitative estimate of drug-likeness (QED) is 0.648. The van der Waals surface area contributed by atoms with E-state index in [2.05, 4.69) is 18.7 Å². The van der Waals surface area contributed by atoms with E-state index in [1.54, 1.807) is 0 Å². The van der Waals surface area contributed by atoms with Crippen molar-refractivity contribution >= 4 is 5.91 Å². The molecule has 1 aliphatic rings. The predicted molar refractivity (Wildman–Crippen MR) is 68.4 cm³/mol. The van der Waals surface area contributed by atoms with Crippen molar-refractivity contribution in [3.63, 3.8) is 0 Å². The number of carbonyl (C=O) groups excluding carboxylic acids is 1. The summed E-state index contributed by atoms with van der Waals surface area (Å²) in [5.74, 6) is 0.799. The van der Waals surface area contributed by atoms with E-state index in [1.807, 2.05) is 0 Å². The van der Waals surface area contributed by atoms with Crippen molar-refractivity contribution in [3.05, 3.63) is 0 Å². The van der Waals surface area contributed by atoms with Gasteiger partial charge in [0.25, 0.3) is 0 Å². The van der Waals surface area contributed by atoms with Crippen LogP contribution in [0.25, 0.3) is 0 Å². The predicted octanol–water partition coefficient (Wildman–Crippen LogP) is 3.61. The van der Waals surface area contributed by atoms with Crippen LogP contribution in [0.5, 0.6) is 0 Å². The van der Waals surface area contributed by atoms with Gasteiger partial charge < -0.3 is 4.90 Å². The van der Waals surface area contributed by atoms with E-state index in [4.69, 9.17) is 0 Å². The largest absolute Gasteiger partial charge is 0.342 e. The second-order valence-electron chi connectivity index (χ2n) is 5.01.